The summed E-state index contributed by atoms with van der Waals surface area (Å²) in [5, 5.41) is 1.08. The summed E-state index contributed by atoms with van der Waals surface area (Å²) in [5.41, 5.74) is 5.85. The molecule has 0 aliphatic rings. The summed E-state index contributed by atoms with van der Waals surface area (Å²) in [6.45, 7) is 3.93. The van der Waals surface area contributed by atoms with Crippen LogP contribution >= 0.6 is 0 Å². The minimum Gasteiger partial charge on any atom is -0.383 e. The van der Waals surface area contributed by atoms with Crippen molar-refractivity contribution in [3.05, 3.63) is 35.5 Å². The number of nitrogens with zero attached hydrogens (tertiary/aromatic N) is 1. The number of rotatable bonds is 1. The van der Waals surface area contributed by atoms with Gasteiger partial charge in [0.05, 0.1) is 5.56 Å². The number of nitrogens with two attached hydrogens (primary N) is 1. The number of nitrogen functional groups attached to an aromatic ring is 1. The maximum atomic E-state index is 12.6. The molecule has 0 saturated carbocycles. The van der Waals surface area contributed by atoms with Crippen molar-refractivity contribution in [2.75, 3.05) is 5.73 Å². The van der Waals surface area contributed by atoms with Crippen LogP contribution in [0.15, 0.2) is 24.4 Å². The number of halogens is 3. The average Bonchev–Trinajstić information content (AvgIpc) is 2.27. The fourth-order valence-corrected chi connectivity index (χ4v) is 1.92. The molecular weight excluding hydrogens is 241 g/mol. The van der Waals surface area contributed by atoms with E-state index in [-0.39, 0.29) is 11.7 Å². The topological polar surface area (TPSA) is 38.9 Å². The van der Waals surface area contributed by atoms with E-state index in [1.54, 1.807) is 6.20 Å². The molecule has 2 N–H and O–H groups in total. The lowest BCUT2D eigenvalue weighted by Gasteiger charge is -2.13. The standard InChI is InChI=1S/C13H13F3N2/c1-7(2)11-6-18-12(17)10-5-8(13(14,15)16)3-4-9(10)11/h3-7H,1-2H3,(H2,17,18). The van der Waals surface area contributed by atoms with Crippen LogP contribution in [0.1, 0.15) is 30.9 Å². The number of fused-ring (bicyclic) bond motifs is 1. The Labute approximate surface area is 103 Å². The van der Waals surface area contributed by atoms with Gasteiger partial charge in [0, 0.05) is 11.6 Å². The molecule has 2 rings (SSSR count). The van der Waals surface area contributed by atoms with Crippen molar-refractivity contribution in [3.8, 4) is 0 Å². The zero-order valence-corrected chi connectivity index (χ0v) is 10.0. The first kappa shape index (κ1) is 12.7. The van der Waals surface area contributed by atoms with Crippen molar-refractivity contribution in [1.82, 2.24) is 4.98 Å². The van der Waals surface area contributed by atoms with Gasteiger partial charge in [-0.05, 0) is 29.0 Å². The van der Waals surface area contributed by atoms with Gasteiger partial charge >= 0.3 is 6.18 Å². The number of alkyl halides is 3. The second-order valence-electron chi connectivity index (χ2n) is 4.51. The van der Waals surface area contributed by atoms with E-state index in [9.17, 15) is 13.2 Å². The van der Waals surface area contributed by atoms with E-state index in [1.165, 1.54) is 6.07 Å². The number of hydrogen-bond donors (Lipinski definition) is 1. The molecule has 0 unspecified atom stereocenters. The summed E-state index contributed by atoms with van der Waals surface area (Å²) >= 11 is 0. The molecule has 2 nitrogen and oxygen atoms in total. The van der Waals surface area contributed by atoms with Crippen LogP contribution in [0.2, 0.25) is 0 Å². The van der Waals surface area contributed by atoms with Crippen LogP contribution in [-0.4, -0.2) is 4.98 Å². The van der Waals surface area contributed by atoms with Crippen molar-refractivity contribution >= 4 is 16.6 Å². The molecule has 0 radical (unpaired) electrons. The highest BCUT2D eigenvalue weighted by Crippen LogP contribution is 2.34. The van der Waals surface area contributed by atoms with Crippen LogP contribution in [0.25, 0.3) is 10.8 Å². The molecule has 0 aliphatic carbocycles. The van der Waals surface area contributed by atoms with Crippen LogP contribution in [0.3, 0.4) is 0 Å². The van der Waals surface area contributed by atoms with E-state index in [4.69, 9.17) is 5.73 Å². The predicted octanol–water partition coefficient (Wildman–Crippen LogP) is 3.96. The first-order valence-corrected chi connectivity index (χ1v) is 5.56. The Bertz CT molecular complexity index is 589. The zero-order valence-electron chi connectivity index (χ0n) is 10.0. The van der Waals surface area contributed by atoms with E-state index in [1.807, 2.05) is 13.8 Å². The molecule has 2 aromatic rings. The smallest absolute Gasteiger partial charge is 0.383 e. The van der Waals surface area contributed by atoms with Gasteiger partial charge in [0.25, 0.3) is 0 Å². The predicted molar refractivity (Wildman–Crippen MR) is 65.2 cm³/mol. The SMILES string of the molecule is CC(C)c1cnc(N)c2cc(C(F)(F)F)ccc12. The third-order valence-corrected chi connectivity index (χ3v) is 2.90. The van der Waals surface area contributed by atoms with Crippen molar-refractivity contribution in [2.45, 2.75) is 25.9 Å². The van der Waals surface area contributed by atoms with E-state index in [0.29, 0.717) is 5.39 Å². The molecular formula is C13H13F3N2. The largest absolute Gasteiger partial charge is 0.416 e. The maximum absolute atomic E-state index is 12.6. The number of aromatic nitrogens is 1. The monoisotopic (exact) mass is 254 g/mol. The van der Waals surface area contributed by atoms with Crippen molar-refractivity contribution in [3.63, 3.8) is 0 Å². The molecule has 5 heteroatoms. The average molecular weight is 254 g/mol. The molecule has 1 heterocycles. The number of hydrogen-bond acceptors (Lipinski definition) is 2. The Morgan fingerprint density at radius 3 is 2.39 bits per heavy atom. The summed E-state index contributed by atoms with van der Waals surface area (Å²) in [7, 11) is 0. The minimum atomic E-state index is -4.37. The molecule has 0 spiro atoms. The van der Waals surface area contributed by atoms with E-state index < -0.39 is 11.7 Å². The third kappa shape index (κ3) is 2.12. The minimum absolute atomic E-state index is 0.125. The van der Waals surface area contributed by atoms with Crippen LogP contribution in [0, 0.1) is 0 Å². The first-order valence-electron chi connectivity index (χ1n) is 5.56. The summed E-state index contributed by atoms with van der Waals surface area (Å²) in [6, 6.07) is 3.60. The lowest BCUT2D eigenvalue weighted by molar-refractivity contribution is -0.137. The van der Waals surface area contributed by atoms with Crippen LogP contribution in [0.5, 0.6) is 0 Å². The van der Waals surface area contributed by atoms with Crippen LogP contribution in [0.4, 0.5) is 19.0 Å². The molecule has 0 saturated heterocycles. The first-order chi connectivity index (χ1) is 8.30. The summed E-state index contributed by atoms with van der Waals surface area (Å²) in [5.74, 6) is 0.304. The molecule has 0 fully saturated rings. The lowest BCUT2D eigenvalue weighted by Crippen LogP contribution is -2.05. The molecule has 1 aromatic carbocycles. The molecule has 0 aliphatic heterocycles. The second-order valence-corrected chi connectivity index (χ2v) is 4.51. The van der Waals surface area contributed by atoms with Gasteiger partial charge in [-0.1, -0.05) is 19.9 Å². The molecule has 1 aromatic heterocycles. The number of anilines is 1. The van der Waals surface area contributed by atoms with Crippen molar-refractivity contribution < 1.29 is 13.2 Å². The summed E-state index contributed by atoms with van der Waals surface area (Å²) in [6.07, 6.45) is -2.75. The Hall–Kier alpha value is -1.78. The quantitative estimate of drug-likeness (QED) is 0.836. The fourth-order valence-electron chi connectivity index (χ4n) is 1.92. The highest BCUT2D eigenvalue weighted by atomic mass is 19.4. The third-order valence-electron chi connectivity index (χ3n) is 2.90. The molecule has 18 heavy (non-hydrogen) atoms. The van der Waals surface area contributed by atoms with Gasteiger partial charge in [-0.3, -0.25) is 0 Å². The number of benzene rings is 1. The van der Waals surface area contributed by atoms with E-state index in [2.05, 4.69) is 4.98 Å². The van der Waals surface area contributed by atoms with Crippen molar-refractivity contribution in [2.24, 2.45) is 0 Å². The van der Waals surface area contributed by atoms with E-state index >= 15 is 0 Å². The Kier molecular flexibility index (Phi) is 2.92. The van der Waals surface area contributed by atoms with Gasteiger partial charge in [0.1, 0.15) is 5.82 Å². The maximum Gasteiger partial charge on any atom is 0.416 e. The Morgan fingerprint density at radius 2 is 1.83 bits per heavy atom. The van der Waals surface area contributed by atoms with Crippen LogP contribution < -0.4 is 5.73 Å². The highest BCUT2D eigenvalue weighted by Gasteiger charge is 2.30. The van der Waals surface area contributed by atoms with Gasteiger partial charge in [-0.15, -0.1) is 0 Å². The normalized spacial score (nSPS) is 12.3. The lowest BCUT2D eigenvalue weighted by atomic mass is 9.97. The van der Waals surface area contributed by atoms with E-state index in [0.717, 1.165) is 23.1 Å². The molecule has 0 atom stereocenters. The Balaban J connectivity index is 2.74. The number of pyridine rings is 1. The Morgan fingerprint density at radius 1 is 1.17 bits per heavy atom. The van der Waals surface area contributed by atoms with Gasteiger partial charge in [-0.2, -0.15) is 13.2 Å². The van der Waals surface area contributed by atoms with Gasteiger partial charge in [0.2, 0.25) is 0 Å². The highest BCUT2D eigenvalue weighted by molar-refractivity contribution is 5.94. The molecule has 0 bridgehead atoms. The van der Waals surface area contributed by atoms with Gasteiger partial charge in [0.15, 0.2) is 0 Å². The summed E-state index contributed by atoms with van der Waals surface area (Å²) in [4.78, 5) is 3.96. The molecule has 0 amide bonds. The van der Waals surface area contributed by atoms with Gasteiger partial charge < -0.3 is 5.73 Å². The summed E-state index contributed by atoms with van der Waals surface area (Å²) < 4.78 is 37.9. The molecule has 96 valence electrons. The van der Waals surface area contributed by atoms with Crippen LogP contribution in [-0.2, 0) is 6.18 Å². The fraction of sp³-hybridized carbons (Fsp3) is 0.308. The second kappa shape index (κ2) is 4.15. The zero-order chi connectivity index (χ0) is 13.5. The van der Waals surface area contributed by atoms with Gasteiger partial charge in [-0.25, -0.2) is 4.98 Å². The van der Waals surface area contributed by atoms with Crippen molar-refractivity contribution in [1.29, 1.82) is 0 Å².